The lowest BCUT2D eigenvalue weighted by Crippen LogP contribution is -2.25. The molecule has 1 heterocycles. The van der Waals surface area contributed by atoms with Crippen LogP contribution in [-0.4, -0.2) is 14.8 Å². The first kappa shape index (κ1) is 9.52. The summed E-state index contributed by atoms with van der Waals surface area (Å²) in [4.78, 5) is 0. The van der Waals surface area contributed by atoms with Crippen LogP contribution in [0.25, 0.3) is 0 Å². The first-order valence-corrected chi connectivity index (χ1v) is 4.51. The van der Waals surface area contributed by atoms with Crippen LogP contribution >= 0.6 is 11.6 Å². The lowest BCUT2D eigenvalue weighted by Gasteiger charge is -2.25. The average molecular weight is 188 g/mol. The van der Waals surface area contributed by atoms with Gasteiger partial charge in [-0.25, -0.2) is 0 Å². The maximum absolute atomic E-state index is 5.85. The third-order valence-electron chi connectivity index (χ3n) is 2.02. The average Bonchev–Trinajstić information content (AvgIpc) is 2.35. The first-order valence-electron chi connectivity index (χ1n) is 4.14. The van der Waals surface area contributed by atoms with Crippen molar-refractivity contribution in [2.45, 2.75) is 39.2 Å². The normalized spacial score (nSPS) is 12.0. The van der Waals surface area contributed by atoms with Gasteiger partial charge in [0.15, 0.2) is 0 Å². The van der Waals surface area contributed by atoms with Crippen molar-refractivity contribution in [2.75, 3.05) is 0 Å². The second-order valence-electron chi connectivity index (χ2n) is 3.53. The zero-order valence-electron chi connectivity index (χ0n) is 7.71. The Morgan fingerprint density at radius 3 is 2.67 bits per heavy atom. The van der Waals surface area contributed by atoms with Crippen LogP contribution in [0.15, 0.2) is 6.33 Å². The maximum atomic E-state index is 5.85. The number of hydrogen-bond donors (Lipinski definition) is 0. The second-order valence-corrected chi connectivity index (χ2v) is 3.87. The Kier molecular flexibility index (Phi) is 2.73. The fourth-order valence-electron chi connectivity index (χ4n) is 1.36. The van der Waals surface area contributed by atoms with Crippen LogP contribution in [0.1, 0.15) is 33.6 Å². The monoisotopic (exact) mass is 187 g/mol. The van der Waals surface area contributed by atoms with Crippen LogP contribution in [0.5, 0.6) is 0 Å². The fraction of sp³-hybridized carbons (Fsp3) is 0.750. The van der Waals surface area contributed by atoms with Crippen molar-refractivity contribution in [1.82, 2.24) is 14.8 Å². The topological polar surface area (TPSA) is 30.7 Å². The summed E-state index contributed by atoms with van der Waals surface area (Å²) in [5.41, 5.74) is 0.0231. The van der Waals surface area contributed by atoms with E-state index in [1.165, 1.54) is 0 Å². The third-order valence-corrected chi connectivity index (χ3v) is 2.28. The summed E-state index contributed by atoms with van der Waals surface area (Å²) in [7, 11) is 0. The highest BCUT2D eigenvalue weighted by Crippen LogP contribution is 2.24. The standard InChI is InChI=1S/C8H14ClN3/c1-4-5-8(2,3)12-6-10-11-7(12)9/h6H,4-5H2,1-3H3. The van der Waals surface area contributed by atoms with Crippen LogP contribution in [0.3, 0.4) is 0 Å². The van der Waals surface area contributed by atoms with Crippen LogP contribution in [0.4, 0.5) is 0 Å². The summed E-state index contributed by atoms with van der Waals surface area (Å²) in [5, 5.41) is 7.96. The molecule has 1 aromatic rings. The number of nitrogens with zero attached hydrogens (tertiary/aromatic N) is 3. The minimum atomic E-state index is 0.0231. The molecule has 0 aliphatic heterocycles. The molecule has 0 radical (unpaired) electrons. The van der Waals surface area contributed by atoms with Crippen LogP contribution in [0.2, 0.25) is 5.28 Å². The van der Waals surface area contributed by atoms with E-state index in [4.69, 9.17) is 11.6 Å². The molecule has 0 bridgehead atoms. The van der Waals surface area contributed by atoms with E-state index in [-0.39, 0.29) is 5.54 Å². The maximum Gasteiger partial charge on any atom is 0.225 e. The van der Waals surface area contributed by atoms with Crippen molar-refractivity contribution in [2.24, 2.45) is 0 Å². The quantitative estimate of drug-likeness (QED) is 0.728. The predicted molar refractivity (Wildman–Crippen MR) is 49.3 cm³/mol. The SMILES string of the molecule is CCCC(C)(C)n1cnnc1Cl. The molecule has 1 rings (SSSR count). The third kappa shape index (κ3) is 1.78. The summed E-state index contributed by atoms with van der Waals surface area (Å²) in [5.74, 6) is 0. The Morgan fingerprint density at radius 2 is 2.25 bits per heavy atom. The molecule has 3 nitrogen and oxygen atoms in total. The predicted octanol–water partition coefficient (Wildman–Crippen LogP) is 2.47. The van der Waals surface area contributed by atoms with Gasteiger partial charge in [0.2, 0.25) is 5.28 Å². The van der Waals surface area contributed by atoms with Crippen molar-refractivity contribution in [3.8, 4) is 0 Å². The van der Waals surface area contributed by atoms with Crippen molar-refractivity contribution in [3.63, 3.8) is 0 Å². The summed E-state index contributed by atoms with van der Waals surface area (Å²) >= 11 is 5.85. The lowest BCUT2D eigenvalue weighted by atomic mass is 9.99. The molecule has 0 aliphatic carbocycles. The molecule has 0 N–H and O–H groups in total. The van der Waals surface area contributed by atoms with E-state index < -0.39 is 0 Å². The van der Waals surface area contributed by atoms with E-state index in [2.05, 4.69) is 31.0 Å². The molecule has 0 unspecified atom stereocenters. The Morgan fingerprint density at radius 1 is 1.58 bits per heavy atom. The number of hydrogen-bond acceptors (Lipinski definition) is 2. The first-order chi connectivity index (χ1) is 5.58. The van der Waals surface area contributed by atoms with E-state index in [9.17, 15) is 0 Å². The van der Waals surface area contributed by atoms with Crippen molar-refractivity contribution < 1.29 is 0 Å². The van der Waals surface area contributed by atoms with Gasteiger partial charge in [-0.3, -0.25) is 4.57 Å². The van der Waals surface area contributed by atoms with E-state index in [0.29, 0.717) is 5.28 Å². The lowest BCUT2D eigenvalue weighted by molar-refractivity contribution is 0.323. The largest absolute Gasteiger partial charge is 0.299 e. The molecule has 0 saturated heterocycles. The Hall–Kier alpha value is -0.570. The molecule has 68 valence electrons. The van der Waals surface area contributed by atoms with Crippen molar-refractivity contribution in [3.05, 3.63) is 11.6 Å². The van der Waals surface area contributed by atoms with Gasteiger partial charge < -0.3 is 0 Å². The van der Waals surface area contributed by atoms with Crippen LogP contribution in [0, 0.1) is 0 Å². The molecular formula is C8H14ClN3. The number of rotatable bonds is 3. The Balaban J connectivity index is 2.88. The van der Waals surface area contributed by atoms with Crippen molar-refractivity contribution in [1.29, 1.82) is 0 Å². The van der Waals surface area contributed by atoms with E-state index in [1.807, 2.05) is 4.57 Å². The highest BCUT2D eigenvalue weighted by Gasteiger charge is 2.21. The molecule has 12 heavy (non-hydrogen) atoms. The molecule has 0 aromatic carbocycles. The zero-order chi connectivity index (χ0) is 9.19. The second kappa shape index (κ2) is 3.44. The van der Waals surface area contributed by atoms with Gasteiger partial charge >= 0.3 is 0 Å². The molecule has 1 aromatic heterocycles. The van der Waals surface area contributed by atoms with Gasteiger partial charge in [0.25, 0.3) is 0 Å². The van der Waals surface area contributed by atoms with Crippen LogP contribution < -0.4 is 0 Å². The van der Waals surface area contributed by atoms with Gasteiger partial charge in [-0.15, -0.1) is 10.2 Å². The highest BCUT2D eigenvalue weighted by atomic mass is 35.5. The smallest absolute Gasteiger partial charge is 0.225 e. The molecule has 0 fully saturated rings. The van der Waals surface area contributed by atoms with Crippen molar-refractivity contribution >= 4 is 11.6 Å². The van der Waals surface area contributed by atoms with Gasteiger partial charge in [0, 0.05) is 5.54 Å². The summed E-state index contributed by atoms with van der Waals surface area (Å²) in [6, 6.07) is 0. The van der Waals surface area contributed by atoms with Gasteiger partial charge in [-0.2, -0.15) is 0 Å². The van der Waals surface area contributed by atoms with Crippen LogP contribution in [-0.2, 0) is 5.54 Å². The van der Waals surface area contributed by atoms with Gasteiger partial charge in [0.1, 0.15) is 6.33 Å². The highest BCUT2D eigenvalue weighted by molar-refractivity contribution is 6.28. The number of aromatic nitrogens is 3. The molecule has 4 heteroatoms. The molecule has 0 aliphatic rings. The summed E-state index contributed by atoms with van der Waals surface area (Å²) in [6.07, 6.45) is 3.88. The van der Waals surface area contributed by atoms with Gasteiger partial charge in [-0.05, 0) is 31.9 Å². The molecule has 0 spiro atoms. The summed E-state index contributed by atoms with van der Waals surface area (Å²) in [6.45, 7) is 6.41. The number of halogens is 1. The molecular weight excluding hydrogens is 174 g/mol. The van der Waals surface area contributed by atoms with E-state index in [0.717, 1.165) is 12.8 Å². The molecule has 0 amide bonds. The Labute approximate surface area is 77.8 Å². The minimum absolute atomic E-state index is 0.0231. The van der Waals surface area contributed by atoms with E-state index in [1.54, 1.807) is 6.33 Å². The molecule has 0 atom stereocenters. The van der Waals surface area contributed by atoms with E-state index >= 15 is 0 Å². The van der Waals surface area contributed by atoms with Gasteiger partial charge in [0.05, 0.1) is 0 Å². The summed E-state index contributed by atoms with van der Waals surface area (Å²) < 4.78 is 1.90. The van der Waals surface area contributed by atoms with Gasteiger partial charge in [-0.1, -0.05) is 13.3 Å². The fourth-order valence-corrected chi connectivity index (χ4v) is 1.68. The Bertz CT molecular complexity index is 255. The zero-order valence-corrected chi connectivity index (χ0v) is 8.47. The minimum Gasteiger partial charge on any atom is -0.299 e. The molecule has 0 saturated carbocycles.